The Balaban J connectivity index is 1.88. The number of ether oxygens (including phenoxy) is 2. The number of hydrogen-bond acceptors (Lipinski definition) is 6. The van der Waals surface area contributed by atoms with Crippen molar-refractivity contribution in [2.75, 3.05) is 13.2 Å². The van der Waals surface area contributed by atoms with Gasteiger partial charge >= 0.3 is 0 Å². The smallest absolute Gasteiger partial charge is 0.186 e. The third kappa shape index (κ3) is 11.7. The van der Waals surface area contributed by atoms with Crippen molar-refractivity contribution in [1.82, 2.24) is 0 Å². The molecule has 1 aliphatic rings. The first kappa shape index (κ1) is 26.8. The van der Waals surface area contributed by atoms with Crippen LogP contribution in [0.1, 0.15) is 103 Å². The van der Waals surface area contributed by atoms with E-state index in [0.29, 0.717) is 6.61 Å². The molecule has 6 heteroatoms. The van der Waals surface area contributed by atoms with Gasteiger partial charge in [0.1, 0.15) is 24.4 Å². The molecule has 5 unspecified atom stereocenters. The van der Waals surface area contributed by atoms with Crippen molar-refractivity contribution in [2.24, 2.45) is 0 Å². The summed E-state index contributed by atoms with van der Waals surface area (Å²) in [5.74, 6) is 0. The fourth-order valence-corrected chi connectivity index (χ4v) is 3.88. The zero-order chi connectivity index (χ0) is 21.3. The van der Waals surface area contributed by atoms with Gasteiger partial charge in [0.15, 0.2) is 6.29 Å². The third-order valence-corrected chi connectivity index (χ3v) is 5.88. The molecule has 0 bridgehead atoms. The van der Waals surface area contributed by atoms with Crippen LogP contribution < -0.4 is 0 Å². The lowest BCUT2D eigenvalue weighted by atomic mass is 9.99. The highest BCUT2D eigenvalue weighted by Crippen LogP contribution is 2.22. The normalized spacial score (nSPS) is 27.4. The average molecular weight is 419 g/mol. The molecule has 5 atom stereocenters. The summed E-state index contributed by atoms with van der Waals surface area (Å²) in [5.41, 5.74) is 0. The Hall–Kier alpha value is -0.240. The predicted octanol–water partition coefficient (Wildman–Crippen LogP) is 3.67. The Kier molecular flexibility index (Phi) is 16.1. The number of aliphatic hydroxyl groups excluding tert-OH is 4. The number of hydrogen-bond donors (Lipinski definition) is 4. The van der Waals surface area contributed by atoms with Gasteiger partial charge in [-0.2, -0.15) is 0 Å². The molecule has 1 aliphatic heterocycles. The zero-order valence-corrected chi connectivity index (χ0v) is 18.5. The Bertz CT molecular complexity index is 365. The fraction of sp³-hybridized carbons (Fsp3) is 1.00. The second-order valence-corrected chi connectivity index (χ2v) is 8.52. The van der Waals surface area contributed by atoms with E-state index in [0.717, 1.165) is 12.8 Å². The van der Waals surface area contributed by atoms with E-state index in [2.05, 4.69) is 6.92 Å². The van der Waals surface area contributed by atoms with Gasteiger partial charge in [0.25, 0.3) is 0 Å². The molecule has 0 spiro atoms. The van der Waals surface area contributed by atoms with Crippen molar-refractivity contribution in [3.8, 4) is 0 Å². The minimum atomic E-state index is -1.37. The molecule has 0 saturated carbocycles. The van der Waals surface area contributed by atoms with Crippen LogP contribution in [-0.4, -0.2) is 64.3 Å². The summed E-state index contributed by atoms with van der Waals surface area (Å²) in [7, 11) is 0. The molecule has 29 heavy (non-hydrogen) atoms. The van der Waals surface area contributed by atoms with Crippen molar-refractivity contribution in [2.45, 2.75) is 134 Å². The van der Waals surface area contributed by atoms with Crippen molar-refractivity contribution in [3.05, 3.63) is 0 Å². The van der Waals surface area contributed by atoms with Gasteiger partial charge in [-0.15, -0.1) is 0 Å². The number of aliphatic hydroxyl groups is 4. The molecule has 6 nitrogen and oxygen atoms in total. The van der Waals surface area contributed by atoms with E-state index in [1.54, 1.807) is 0 Å². The van der Waals surface area contributed by atoms with E-state index < -0.39 is 37.3 Å². The first-order chi connectivity index (χ1) is 14.1. The summed E-state index contributed by atoms with van der Waals surface area (Å²) >= 11 is 0. The molecule has 0 amide bonds. The summed E-state index contributed by atoms with van der Waals surface area (Å²) in [6.45, 7) is 2.27. The molecule has 1 rings (SSSR count). The van der Waals surface area contributed by atoms with Crippen LogP contribution in [-0.2, 0) is 9.47 Å². The van der Waals surface area contributed by atoms with Crippen LogP contribution >= 0.6 is 0 Å². The summed E-state index contributed by atoms with van der Waals surface area (Å²) in [6, 6.07) is 0. The maximum atomic E-state index is 9.91. The van der Waals surface area contributed by atoms with Crippen LogP contribution in [0, 0.1) is 0 Å². The Morgan fingerprint density at radius 2 is 1.07 bits per heavy atom. The average Bonchev–Trinajstić information content (AvgIpc) is 2.73. The lowest BCUT2D eigenvalue weighted by Crippen LogP contribution is -2.59. The summed E-state index contributed by atoms with van der Waals surface area (Å²) in [5, 5.41) is 38.5. The van der Waals surface area contributed by atoms with Gasteiger partial charge in [-0.25, -0.2) is 0 Å². The van der Waals surface area contributed by atoms with E-state index >= 15 is 0 Å². The molecular formula is C23H46O6. The van der Waals surface area contributed by atoms with Gasteiger partial charge in [-0.1, -0.05) is 96.8 Å². The standard InChI is InChI=1S/C23H46O6/c1-2-3-4-5-6-7-8-9-10-11-12-13-14-15-16-17-28-23-22(27)21(26)20(25)19(18-24)29-23/h19-27H,2-18H2,1H3. The Morgan fingerprint density at radius 1 is 0.621 bits per heavy atom. The first-order valence-electron chi connectivity index (χ1n) is 12.0. The zero-order valence-electron chi connectivity index (χ0n) is 18.5. The quantitative estimate of drug-likeness (QED) is 0.254. The van der Waals surface area contributed by atoms with Gasteiger partial charge in [0, 0.05) is 6.61 Å². The lowest BCUT2D eigenvalue weighted by Gasteiger charge is -2.39. The highest BCUT2D eigenvalue weighted by atomic mass is 16.7. The van der Waals surface area contributed by atoms with Crippen LogP contribution in [0.3, 0.4) is 0 Å². The fourth-order valence-electron chi connectivity index (χ4n) is 3.88. The summed E-state index contributed by atoms with van der Waals surface area (Å²) < 4.78 is 10.8. The van der Waals surface area contributed by atoms with Crippen molar-refractivity contribution >= 4 is 0 Å². The SMILES string of the molecule is CCCCCCCCCCCCCCCCCOC1OC(CO)C(O)C(O)C1O. The minimum Gasteiger partial charge on any atom is -0.394 e. The molecule has 1 heterocycles. The van der Waals surface area contributed by atoms with Gasteiger partial charge in [-0.3, -0.25) is 0 Å². The predicted molar refractivity (Wildman–Crippen MR) is 115 cm³/mol. The molecule has 0 aromatic carbocycles. The van der Waals surface area contributed by atoms with Gasteiger partial charge in [0.2, 0.25) is 0 Å². The first-order valence-corrected chi connectivity index (χ1v) is 12.0. The van der Waals surface area contributed by atoms with Crippen LogP contribution in [0.5, 0.6) is 0 Å². The maximum Gasteiger partial charge on any atom is 0.186 e. The Labute approximate surface area is 177 Å². The monoisotopic (exact) mass is 418 g/mol. The highest BCUT2D eigenvalue weighted by Gasteiger charge is 2.43. The largest absolute Gasteiger partial charge is 0.394 e. The molecular weight excluding hydrogens is 372 g/mol. The van der Waals surface area contributed by atoms with Crippen LogP contribution in [0.25, 0.3) is 0 Å². The van der Waals surface area contributed by atoms with Crippen molar-refractivity contribution in [1.29, 1.82) is 0 Å². The molecule has 0 aromatic rings. The highest BCUT2D eigenvalue weighted by molar-refractivity contribution is 4.88. The number of rotatable bonds is 18. The van der Waals surface area contributed by atoms with Gasteiger partial charge in [0.05, 0.1) is 6.61 Å². The van der Waals surface area contributed by atoms with E-state index in [1.807, 2.05) is 0 Å². The summed E-state index contributed by atoms with van der Waals surface area (Å²) in [6.07, 6.45) is 13.5. The van der Waals surface area contributed by atoms with Gasteiger partial charge < -0.3 is 29.9 Å². The Morgan fingerprint density at radius 3 is 1.52 bits per heavy atom. The molecule has 0 aliphatic carbocycles. The van der Waals surface area contributed by atoms with E-state index in [1.165, 1.54) is 83.5 Å². The van der Waals surface area contributed by atoms with Crippen molar-refractivity contribution < 1.29 is 29.9 Å². The molecule has 0 radical (unpaired) electrons. The van der Waals surface area contributed by atoms with Crippen LogP contribution in [0.4, 0.5) is 0 Å². The second-order valence-electron chi connectivity index (χ2n) is 8.52. The van der Waals surface area contributed by atoms with Crippen LogP contribution in [0.15, 0.2) is 0 Å². The second kappa shape index (κ2) is 17.4. The molecule has 4 N–H and O–H groups in total. The number of unbranched alkanes of at least 4 members (excludes halogenated alkanes) is 14. The maximum absolute atomic E-state index is 9.91. The molecule has 0 aromatic heterocycles. The molecule has 174 valence electrons. The van der Waals surface area contributed by atoms with E-state index in [4.69, 9.17) is 14.6 Å². The third-order valence-electron chi connectivity index (χ3n) is 5.88. The minimum absolute atomic E-state index is 0.427. The van der Waals surface area contributed by atoms with Crippen molar-refractivity contribution in [3.63, 3.8) is 0 Å². The van der Waals surface area contributed by atoms with E-state index in [-0.39, 0.29) is 0 Å². The lowest BCUT2D eigenvalue weighted by molar-refractivity contribution is -0.301. The molecule has 1 fully saturated rings. The van der Waals surface area contributed by atoms with Crippen LogP contribution in [0.2, 0.25) is 0 Å². The van der Waals surface area contributed by atoms with Gasteiger partial charge in [-0.05, 0) is 6.42 Å². The topological polar surface area (TPSA) is 99.4 Å². The molecule has 1 saturated heterocycles. The summed E-state index contributed by atoms with van der Waals surface area (Å²) in [4.78, 5) is 0. The van der Waals surface area contributed by atoms with E-state index in [9.17, 15) is 15.3 Å².